The molecule has 0 radical (unpaired) electrons. The molecule has 0 unspecified atom stereocenters. The van der Waals surface area contributed by atoms with Crippen LogP contribution in [0.3, 0.4) is 0 Å². The van der Waals surface area contributed by atoms with E-state index in [2.05, 4.69) is 0 Å². The molecule has 2 aromatic rings. The van der Waals surface area contributed by atoms with E-state index in [9.17, 15) is 13.6 Å². The minimum Gasteiger partial charge on any atom is -0.453 e. The van der Waals surface area contributed by atoms with Crippen LogP contribution in [0.1, 0.15) is 10.4 Å². The normalized spacial score (nSPS) is 10.2. The van der Waals surface area contributed by atoms with Crippen LogP contribution in [0.15, 0.2) is 36.4 Å². The molecule has 1 amide bonds. The third-order valence-corrected chi connectivity index (χ3v) is 2.38. The largest absolute Gasteiger partial charge is 0.453 e. The Morgan fingerprint density at radius 1 is 1.05 bits per heavy atom. The van der Waals surface area contributed by atoms with Crippen molar-refractivity contribution in [3.63, 3.8) is 0 Å². The van der Waals surface area contributed by atoms with Crippen molar-refractivity contribution >= 4 is 11.6 Å². The molecule has 0 heterocycles. The first kappa shape index (κ1) is 12.8. The van der Waals surface area contributed by atoms with E-state index in [-0.39, 0.29) is 17.1 Å². The number of halogens is 2. The Hall–Kier alpha value is -2.63. The van der Waals surface area contributed by atoms with Crippen molar-refractivity contribution in [1.29, 1.82) is 0 Å². The Morgan fingerprint density at radius 2 is 1.79 bits per heavy atom. The number of hydrogen-bond acceptors (Lipinski definition) is 3. The van der Waals surface area contributed by atoms with E-state index in [1.54, 1.807) is 0 Å². The van der Waals surface area contributed by atoms with Crippen LogP contribution < -0.4 is 16.2 Å². The zero-order valence-electron chi connectivity index (χ0n) is 9.69. The van der Waals surface area contributed by atoms with Crippen LogP contribution in [0.25, 0.3) is 0 Å². The van der Waals surface area contributed by atoms with E-state index in [0.717, 1.165) is 18.2 Å². The first-order chi connectivity index (χ1) is 8.97. The summed E-state index contributed by atoms with van der Waals surface area (Å²) in [4.78, 5) is 11.2. The van der Waals surface area contributed by atoms with E-state index in [0.29, 0.717) is 5.69 Å². The van der Waals surface area contributed by atoms with Gasteiger partial charge in [0, 0.05) is 17.8 Å². The molecule has 98 valence electrons. The fourth-order valence-electron chi connectivity index (χ4n) is 1.50. The summed E-state index contributed by atoms with van der Waals surface area (Å²) in [5, 5.41) is 0. The summed E-state index contributed by atoms with van der Waals surface area (Å²) in [5.74, 6) is -2.57. The molecule has 0 aliphatic carbocycles. The lowest BCUT2D eigenvalue weighted by Gasteiger charge is -2.10. The van der Waals surface area contributed by atoms with Crippen LogP contribution >= 0.6 is 0 Å². The van der Waals surface area contributed by atoms with Crippen LogP contribution in [0.5, 0.6) is 11.5 Å². The van der Waals surface area contributed by atoms with E-state index in [1.165, 1.54) is 18.2 Å². The number of benzene rings is 2. The lowest BCUT2D eigenvalue weighted by molar-refractivity contribution is 0.0998. The molecule has 19 heavy (non-hydrogen) atoms. The summed E-state index contributed by atoms with van der Waals surface area (Å²) in [6.07, 6.45) is 0. The highest BCUT2D eigenvalue weighted by atomic mass is 19.1. The van der Waals surface area contributed by atoms with Crippen molar-refractivity contribution < 1.29 is 18.3 Å². The summed E-state index contributed by atoms with van der Waals surface area (Å²) in [6.45, 7) is 0. The monoisotopic (exact) mass is 264 g/mol. The van der Waals surface area contributed by atoms with E-state index in [1.807, 2.05) is 0 Å². The van der Waals surface area contributed by atoms with Crippen LogP contribution in [-0.2, 0) is 0 Å². The zero-order chi connectivity index (χ0) is 14.0. The van der Waals surface area contributed by atoms with Crippen LogP contribution in [0.4, 0.5) is 14.5 Å². The van der Waals surface area contributed by atoms with Gasteiger partial charge in [-0.2, -0.15) is 0 Å². The highest BCUT2D eigenvalue weighted by Gasteiger charge is 2.13. The smallest absolute Gasteiger partial charge is 0.252 e. The fraction of sp³-hybridized carbons (Fsp3) is 0. The molecule has 2 rings (SSSR count). The van der Waals surface area contributed by atoms with Gasteiger partial charge in [0.25, 0.3) is 5.91 Å². The van der Waals surface area contributed by atoms with Crippen molar-refractivity contribution in [2.24, 2.45) is 5.73 Å². The molecule has 0 aliphatic rings. The predicted molar refractivity (Wildman–Crippen MR) is 65.8 cm³/mol. The number of rotatable bonds is 3. The maximum Gasteiger partial charge on any atom is 0.252 e. The minimum atomic E-state index is -0.765. The van der Waals surface area contributed by atoms with E-state index >= 15 is 0 Å². The topological polar surface area (TPSA) is 78.3 Å². The Labute approximate surface area is 107 Å². The third-order valence-electron chi connectivity index (χ3n) is 2.38. The zero-order valence-corrected chi connectivity index (χ0v) is 9.69. The molecule has 0 atom stereocenters. The number of carbonyl (C=O) groups is 1. The molecule has 4 N–H and O–H groups in total. The molecule has 4 nitrogen and oxygen atoms in total. The van der Waals surface area contributed by atoms with Crippen molar-refractivity contribution in [2.75, 3.05) is 5.73 Å². The van der Waals surface area contributed by atoms with Gasteiger partial charge in [0.2, 0.25) is 0 Å². The van der Waals surface area contributed by atoms with Crippen molar-refractivity contribution in [2.45, 2.75) is 0 Å². The molecule has 0 saturated carbocycles. The molecule has 0 fully saturated rings. The average Bonchev–Trinajstić information content (AvgIpc) is 2.33. The summed E-state index contributed by atoms with van der Waals surface area (Å²) < 4.78 is 31.6. The molecule has 0 aliphatic heterocycles. The number of nitrogen functional groups attached to an aromatic ring is 1. The predicted octanol–water partition coefficient (Wildman–Crippen LogP) is 2.44. The van der Waals surface area contributed by atoms with Gasteiger partial charge < -0.3 is 16.2 Å². The molecule has 0 spiro atoms. The van der Waals surface area contributed by atoms with Crippen LogP contribution in [-0.4, -0.2) is 5.91 Å². The van der Waals surface area contributed by atoms with Crippen LogP contribution in [0.2, 0.25) is 0 Å². The lowest BCUT2D eigenvalue weighted by Crippen LogP contribution is -2.12. The fourth-order valence-corrected chi connectivity index (χ4v) is 1.50. The molecule has 2 aromatic carbocycles. The molecule has 0 saturated heterocycles. The minimum absolute atomic E-state index is 0.0258. The number of anilines is 1. The van der Waals surface area contributed by atoms with E-state index < -0.39 is 17.5 Å². The molecular weight excluding hydrogens is 254 g/mol. The van der Waals surface area contributed by atoms with Crippen LogP contribution in [0, 0.1) is 11.6 Å². The highest BCUT2D eigenvalue weighted by molar-refractivity contribution is 5.96. The van der Waals surface area contributed by atoms with Gasteiger partial charge in [-0.3, -0.25) is 4.79 Å². The SMILES string of the molecule is NC(=O)c1ccc(N)cc1Oc1cc(F)ccc1F. The molecular formula is C13H10F2N2O2. The van der Waals surface area contributed by atoms with Gasteiger partial charge in [0.05, 0.1) is 5.56 Å². The first-order valence-corrected chi connectivity index (χ1v) is 5.29. The second kappa shape index (κ2) is 4.93. The molecule has 0 bridgehead atoms. The summed E-state index contributed by atoms with van der Waals surface area (Å²) in [7, 11) is 0. The van der Waals surface area contributed by atoms with Gasteiger partial charge in [-0.1, -0.05) is 0 Å². The standard InChI is InChI=1S/C13H10F2N2O2/c14-7-1-4-10(15)12(5-7)19-11-6-8(16)2-3-9(11)13(17)18/h1-6H,16H2,(H2,17,18). The van der Waals surface area contributed by atoms with Crippen molar-refractivity contribution in [1.82, 2.24) is 0 Å². The number of nitrogens with two attached hydrogens (primary N) is 2. The van der Waals surface area contributed by atoms with Gasteiger partial charge in [-0.05, 0) is 24.3 Å². The molecule has 0 aromatic heterocycles. The van der Waals surface area contributed by atoms with Gasteiger partial charge in [-0.25, -0.2) is 8.78 Å². The Kier molecular flexibility index (Phi) is 3.33. The Balaban J connectivity index is 2.45. The van der Waals surface area contributed by atoms with Crippen molar-refractivity contribution in [3.8, 4) is 11.5 Å². The summed E-state index contributed by atoms with van der Waals surface area (Å²) in [5.41, 5.74) is 11.0. The number of amides is 1. The van der Waals surface area contributed by atoms with Gasteiger partial charge >= 0.3 is 0 Å². The number of ether oxygens (including phenoxy) is 1. The van der Waals surface area contributed by atoms with Gasteiger partial charge in [0.15, 0.2) is 11.6 Å². The number of carbonyl (C=O) groups excluding carboxylic acids is 1. The number of primary amides is 1. The van der Waals surface area contributed by atoms with Gasteiger partial charge in [0.1, 0.15) is 11.6 Å². The first-order valence-electron chi connectivity index (χ1n) is 5.29. The second-order valence-corrected chi connectivity index (χ2v) is 3.80. The van der Waals surface area contributed by atoms with E-state index in [4.69, 9.17) is 16.2 Å². The Bertz CT molecular complexity index is 645. The highest BCUT2D eigenvalue weighted by Crippen LogP contribution is 2.29. The number of hydrogen-bond donors (Lipinski definition) is 2. The van der Waals surface area contributed by atoms with Crippen molar-refractivity contribution in [3.05, 3.63) is 53.6 Å². The third kappa shape index (κ3) is 2.79. The van der Waals surface area contributed by atoms with Gasteiger partial charge in [-0.15, -0.1) is 0 Å². The summed E-state index contributed by atoms with van der Waals surface area (Å²) >= 11 is 0. The quantitative estimate of drug-likeness (QED) is 0.836. The summed E-state index contributed by atoms with van der Waals surface area (Å²) in [6, 6.07) is 6.85. The lowest BCUT2D eigenvalue weighted by atomic mass is 10.1. The maximum absolute atomic E-state index is 13.4. The Morgan fingerprint density at radius 3 is 2.47 bits per heavy atom. The second-order valence-electron chi connectivity index (χ2n) is 3.80. The average molecular weight is 264 g/mol. The molecule has 6 heteroatoms. The maximum atomic E-state index is 13.4.